The average molecular weight is 459 g/mol. The number of hydrogen-bond acceptors (Lipinski definition) is 2. The summed E-state index contributed by atoms with van der Waals surface area (Å²) in [7, 11) is 0. The minimum atomic E-state index is 0.479. The number of rotatable bonds is 2. The first-order valence-electron chi connectivity index (χ1n) is 11.2. The van der Waals surface area contributed by atoms with Gasteiger partial charge in [0.15, 0.2) is 0 Å². The molecule has 5 heteroatoms. The van der Waals surface area contributed by atoms with E-state index in [-0.39, 0.29) is 0 Å². The van der Waals surface area contributed by atoms with Crippen LogP contribution in [0.25, 0.3) is 60.6 Å². The molecule has 34 heavy (non-hydrogen) atoms. The smallest absolute Gasteiger partial charge is 0.143 e. The molecular weight excluding hydrogens is 440 g/mol. The van der Waals surface area contributed by atoms with E-state index in [1.165, 1.54) is 21.8 Å². The van der Waals surface area contributed by atoms with E-state index >= 15 is 0 Å². The molecule has 3 aromatic heterocycles. The van der Waals surface area contributed by atoms with E-state index in [0.29, 0.717) is 11.0 Å². The predicted octanol–water partition coefficient (Wildman–Crippen LogP) is 7.84. The van der Waals surface area contributed by atoms with Crippen LogP contribution < -0.4 is 0 Å². The maximum atomic E-state index is 6.51. The number of fused-ring (bicyclic) bond motifs is 6. The van der Waals surface area contributed by atoms with Gasteiger partial charge in [-0.05, 0) is 60.5 Å². The van der Waals surface area contributed by atoms with Crippen molar-refractivity contribution >= 4 is 55.3 Å². The Kier molecular flexibility index (Phi) is 4.08. The predicted molar refractivity (Wildman–Crippen MR) is 141 cm³/mol. The van der Waals surface area contributed by atoms with E-state index in [2.05, 4.69) is 111 Å². The minimum Gasteiger partial charge on any atom is -0.339 e. The van der Waals surface area contributed by atoms with E-state index in [1.807, 2.05) is 6.92 Å². The molecule has 0 aliphatic carbocycles. The number of aryl methyl sites for hydroxylation is 1. The van der Waals surface area contributed by atoms with Crippen LogP contribution in [-0.2, 0) is 0 Å². The summed E-state index contributed by atoms with van der Waals surface area (Å²) in [5, 5.41) is 4.85. The van der Waals surface area contributed by atoms with E-state index < -0.39 is 0 Å². The topological polar surface area (TPSA) is 46.5 Å². The maximum absolute atomic E-state index is 6.51. The molecule has 0 aliphatic rings. The van der Waals surface area contributed by atoms with Crippen molar-refractivity contribution in [3.05, 3.63) is 102 Å². The summed E-state index contributed by atoms with van der Waals surface area (Å²) in [5.41, 5.74) is 7.61. The molecule has 0 aliphatic heterocycles. The van der Waals surface area contributed by atoms with E-state index in [1.54, 1.807) is 0 Å². The fourth-order valence-corrected chi connectivity index (χ4v) is 5.36. The molecule has 3 heterocycles. The molecule has 0 fully saturated rings. The number of nitrogens with zero attached hydrogens (tertiary/aromatic N) is 3. The molecule has 0 radical (unpaired) electrons. The Morgan fingerprint density at radius 1 is 0.706 bits per heavy atom. The molecule has 0 saturated heterocycles. The number of benzene rings is 4. The van der Waals surface area contributed by atoms with Crippen LogP contribution in [0.5, 0.6) is 0 Å². The van der Waals surface area contributed by atoms with Crippen molar-refractivity contribution in [2.75, 3.05) is 0 Å². The highest BCUT2D eigenvalue weighted by Gasteiger charge is 2.15. The van der Waals surface area contributed by atoms with Crippen LogP contribution in [0.4, 0.5) is 0 Å². The Morgan fingerprint density at radius 3 is 2.26 bits per heavy atom. The van der Waals surface area contributed by atoms with E-state index in [9.17, 15) is 0 Å². The van der Waals surface area contributed by atoms with Crippen LogP contribution >= 0.6 is 11.6 Å². The number of aromatic amines is 1. The third-order valence-electron chi connectivity index (χ3n) is 6.54. The van der Waals surface area contributed by atoms with Gasteiger partial charge in [-0.15, -0.1) is 0 Å². The molecule has 1 N–H and O–H groups in total. The molecule has 7 aromatic rings. The molecule has 0 atom stereocenters. The van der Waals surface area contributed by atoms with Gasteiger partial charge in [0.2, 0.25) is 0 Å². The summed E-state index contributed by atoms with van der Waals surface area (Å²) in [5.74, 6) is 0.657. The number of H-pyrrole nitrogens is 1. The summed E-state index contributed by atoms with van der Waals surface area (Å²) in [6.07, 6.45) is 0. The number of halogens is 1. The number of para-hydroxylation sites is 2. The first-order valence-corrected chi connectivity index (χ1v) is 11.6. The molecule has 4 nitrogen and oxygen atoms in total. The Bertz CT molecular complexity index is 1880. The van der Waals surface area contributed by atoms with Crippen molar-refractivity contribution in [2.24, 2.45) is 0 Å². The summed E-state index contributed by atoms with van der Waals surface area (Å²) >= 11 is 6.51. The Balaban J connectivity index is 1.48. The summed E-state index contributed by atoms with van der Waals surface area (Å²) in [6, 6.07) is 32.2. The van der Waals surface area contributed by atoms with Gasteiger partial charge in [-0.3, -0.25) is 0 Å². The van der Waals surface area contributed by atoms with Crippen molar-refractivity contribution in [2.45, 2.75) is 6.92 Å². The second kappa shape index (κ2) is 7.17. The largest absolute Gasteiger partial charge is 0.339 e. The molecule has 0 unspecified atom stereocenters. The van der Waals surface area contributed by atoms with E-state index in [0.717, 1.165) is 38.8 Å². The van der Waals surface area contributed by atoms with Gasteiger partial charge in [-0.1, -0.05) is 60.1 Å². The molecule has 0 spiro atoms. The first kappa shape index (κ1) is 19.3. The van der Waals surface area contributed by atoms with Crippen LogP contribution in [0.3, 0.4) is 0 Å². The Morgan fingerprint density at radius 2 is 1.41 bits per heavy atom. The van der Waals surface area contributed by atoms with Crippen LogP contribution in [0, 0.1) is 6.92 Å². The van der Waals surface area contributed by atoms with Gasteiger partial charge in [0, 0.05) is 27.4 Å². The van der Waals surface area contributed by atoms with Gasteiger partial charge in [0.1, 0.15) is 16.6 Å². The molecule has 4 aromatic carbocycles. The van der Waals surface area contributed by atoms with Gasteiger partial charge in [-0.2, -0.15) is 0 Å². The molecule has 0 amide bonds. The zero-order chi connectivity index (χ0) is 22.8. The van der Waals surface area contributed by atoms with Crippen molar-refractivity contribution in [3.8, 4) is 16.8 Å². The summed E-state index contributed by atoms with van der Waals surface area (Å²) in [6.45, 7) is 1.85. The van der Waals surface area contributed by atoms with Crippen molar-refractivity contribution in [1.29, 1.82) is 0 Å². The van der Waals surface area contributed by atoms with Gasteiger partial charge >= 0.3 is 0 Å². The van der Waals surface area contributed by atoms with Gasteiger partial charge < -0.3 is 9.55 Å². The third kappa shape index (κ3) is 2.79. The van der Waals surface area contributed by atoms with Gasteiger partial charge in [0.05, 0.1) is 16.4 Å². The monoisotopic (exact) mass is 458 g/mol. The highest BCUT2D eigenvalue weighted by molar-refractivity contribution is 6.36. The Hall–Kier alpha value is -4.15. The summed E-state index contributed by atoms with van der Waals surface area (Å²) < 4.78 is 2.33. The lowest BCUT2D eigenvalue weighted by molar-refractivity contribution is 1.08. The minimum absolute atomic E-state index is 0.479. The van der Waals surface area contributed by atoms with Crippen molar-refractivity contribution in [3.63, 3.8) is 0 Å². The zero-order valence-corrected chi connectivity index (χ0v) is 19.1. The van der Waals surface area contributed by atoms with Crippen LogP contribution in [0.1, 0.15) is 5.82 Å². The SMILES string of the molecule is Cc1nc(Cl)c2c(n1)[nH]c1ccc(-c3ccc4c(c3)c3ccccc3n4-c3ccccc3)cc12. The lowest BCUT2D eigenvalue weighted by Gasteiger charge is -2.08. The molecular formula is C29H19ClN4. The second-order valence-electron chi connectivity index (χ2n) is 8.59. The highest BCUT2D eigenvalue weighted by atomic mass is 35.5. The Labute approximate surface area is 200 Å². The van der Waals surface area contributed by atoms with Crippen LogP contribution in [-0.4, -0.2) is 19.5 Å². The number of aromatic nitrogens is 4. The fraction of sp³-hybridized carbons (Fsp3) is 0.0345. The maximum Gasteiger partial charge on any atom is 0.143 e. The molecule has 0 bridgehead atoms. The van der Waals surface area contributed by atoms with Crippen LogP contribution in [0.2, 0.25) is 5.15 Å². The molecule has 7 rings (SSSR count). The average Bonchev–Trinajstić information content (AvgIpc) is 3.39. The normalized spacial score (nSPS) is 11.8. The molecule has 0 saturated carbocycles. The lowest BCUT2D eigenvalue weighted by Crippen LogP contribution is -1.92. The fourth-order valence-electron chi connectivity index (χ4n) is 5.04. The van der Waals surface area contributed by atoms with Gasteiger partial charge in [-0.25, -0.2) is 9.97 Å². The standard InChI is InChI=1S/C29H19ClN4/c1-17-31-28(30)27-23-16-18(11-13-24(23)33-29(27)32-17)19-12-14-26-22(15-19)21-9-5-6-10-25(21)34(26)20-7-3-2-4-8-20/h2-16H,1H3,(H,31,32,33). The molecule has 162 valence electrons. The van der Waals surface area contributed by atoms with Crippen LogP contribution in [0.15, 0.2) is 91.0 Å². The second-order valence-corrected chi connectivity index (χ2v) is 8.95. The van der Waals surface area contributed by atoms with Crippen molar-refractivity contribution in [1.82, 2.24) is 19.5 Å². The third-order valence-corrected chi connectivity index (χ3v) is 6.81. The van der Waals surface area contributed by atoms with Crippen molar-refractivity contribution < 1.29 is 0 Å². The highest BCUT2D eigenvalue weighted by Crippen LogP contribution is 2.37. The zero-order valence-electron chi connectivity index (χ0n) is 18.4. The van der Waals surface area contributed by atoms with Gasteiger partial charge in [0.25, 0.3) is 0 Å². The lowest BCUT2D eigenvalue weighted by atomic mass is 10.0. The first-order chi connectivity index (χ1) is 16.7. The van der Waals surface area contributed by atoms with E-state index in [4.69, 9.17) is 11.6 Å². The number of hydrogen-bond donors (Lipinski definition) is 1. The summed E-state index contributed by atoms with van der Waals surface area (Å²) in [4.78, 5) is 12.3. The number of nitrogens with one attached hydrogen (secondary N) is 1. The quantitative estimate of drug-likeness (QED) is 0.268.